The largest absolute Gasteiger partial charge is 0.416 e. The summed E-state index contributed by atoms with van der Waals surface area (Å²) in [4.78, 5) is 0. The molecule has 1 unspecified atom stereocenters. The Morgan fingerprint density at radius 2 is 1.48 bits per heavy atom. The van der Waals surface area contributed by atoms with Gasteiger partial charge in [-0.1, -0.05) is 30.3 Å². The third-order valence-corrected chi connectivity index (χ3v) is 5.82. The Morgan fingerprint density at radius 1 is 0.839 bits per heavy atom. The molecule has 31 heavy (non-hydrogen) atoms. The maximum atomic E-state index is 13.0. The second kappa shape index (κ2) is 9.61. The van der Waals surface area contributed by atoms with Gasteiger partial charge in [-0.15, -0.1) is 0 Å². The lowest BCUT2D eigenvalue weighted by molar-refractivity contribution is -0.143. The average molecular weight is 445 g/mol. The molecule has 0 saturated carbocycles. The van der Waals surface area contributed by atoms with Crippen LogP contribution in [-0.4, -0.2) is 19.7 Å². The van der Waals surface area contributed by atoms with E-state index in [0.29, 0.717) is 6.42 Å². The molecular formula is C23H25F6NO. The van der Waals surface area contributed by atoms with E-state index in [1.54, 1.807) is 0 Å². The van der Waals surface area contributed by atoms with Gasteiger partial charge in [-0.05, 0) is 73.5 Å². The molecule has 170 valence electrons. The molecule has 0 aliphatic carbocycles. The van der Waals surface area contributed by atoms with E-state index in [-0.39, 0.29) is 30.3 Å². The molecule has 1 saturated heterocycles. The highest BCUT2D eigenvalue weighted by Crippen LogP contribution is 2.38. The second-order valence-electron chi connectivity index (χ2n) is 7.97. The van der Waals surface area contributed by atoms with Gasteiger partial charge in [0.2, 0.25) is 0 Å². The van der Waals surface area contributed by atoms with Gasteiger partial charge in [0.15, 0.2) is 0 Å². The zero-order valence-corrected chi connectivity index (χ0v) is 17.0. The monoisotopic (exact) mass is 445 g/mol. The molecule has 2 nitrogen and oxygen atoms in total. The summed E-state index contributed by atoms with van der Waals surface area (Å²) in [6.45, 7) is 1.69. The Kier molecular flexibility index (Phi) is 7.31. The Labute approximate surface area is 177 Å². The van der Waals surface area contributed by atoms with E-state index in [0.717, 1.165) is 44.5 Å². The lowest BCUT2D eigenvalue weighted by Gasteiger charge is -2.33. The van der Waals surface area contributed by atoms with Crippen LogP contribution < -0.4 is 5.32 Å². The summed E-state index contributed by atoms with van der Waals surface area (Å²) < 4.78 is 83.8. The van der Waals surface area contributed by atoms with Crippen molar-refractivity contribution in [1.29, 1.82) is 0 Å². The molecule has 0 bridgehead atoms. The Bertz CT molecular complexity index is 807. The van der Waals surface area contributed by atoms with E-state index in [1.165, 1.54) is 5.56 Å². The molecule has 1 atom stereocenters. The Morgan fingerprint density at radius 3 is 2.10 bits per heavy atom. The number of alkyl halides is 6. The highest BCUT2D eigenvalue weighted by molar-refractivity contribution is 5.33. The van der Waals surface area contributed by atoms with Gasteiger partial charge in [-0.2, -0.15) is 26.3 Å². The van der Waals surface area contributed by atoms with Crippen LogP contribution in [0, 0.1) is 0 Å². The zero-order valence-electron chi connectivity index (χ0n) is 17.0. The number of hydrogen-bond acceptors (Lipinski definition) is 2. The van der Waals surface area contributed by atoms with E-state index >= 15 is 0 Å². The molecule has 0 radical (unpaired) electrons. The van der Waals surface area contributed by atoms with Gasteiger partial charge in [0.05, 0.1) is 17.7 Å². The van der Waals surface area contributed by atoms with E-state index in [9.17, 15) is 26.3 Å². The molecular weight excluding hydrogens is 420 g/mol. The zero-order chi connectivity index (χ0) is 22.5. The summed E-state index contributed by atoms with van der Waals surface area (Å²) in [5, 5.41) is 3.37. The maximum Gasteiger partial charge on any atom is 0.416 e. The molecule has 3 rings (SSSR count). The van der Waals surface area contributed by atoms with Gasteiger partial charge in [0, 0.05) is 6.61 Å². The van der Waals surface area contributed by atoms with Crippen LogP contribution in [0.5, 0.6) is 0 Å². The fraction of sp³-hybridized carbons (Fsp3) is 0.478. The van der Waals surface area contributed by atoms with Crippen LogP contribution in [0.3, 0.4) is 0 Å². The predicted molar refractivity (Wildman–Crippen MR) is 106 cm³/mol. The van der Waals surface area contributed by atoms with Gasteiger partial charge in [0.25, 0.3) is 0 Å². The first-order chi connectivity index (χ1) is 14.6. The van der Waals surface area contributed by atoms with Gasteiger partial charge in [0.1, 0.15) is 0 Å². The first-order valence-electron chi connectivity index (χ1n) is 10.2. The third kappa shape index (κ3) is 6.23. The summed E-state index contributed by atoms with van der Waals surface area (Å²) in [5.41, 5.74) is -1.73. The van der Waals surface area contributed by atoms with Crippen molar-refractivity contribution in [2.75, 3.05) is 19.7 Å². The van der Waals surface area contributed by atoms with Gasteiger partial charge >= 0.3 is 12.4 Å². The van der Waals surface area contributed by atoms with Crippen LogP contribution in [0.1, 0.15) is 47.9 Å². The van der Waals surface area contributed by atoms with Crippen LogP contribution in [0.2, 0.25) is 0 Å². The van der Waals surface area contributed by atoms with Crippen LogP contribution >= 0.6 is 0 Å². The highest BCUT2D eigenvalue weighted by atomic mass is 19.4. The SMILES string of the molecule is FC(F)(F)c1cc(COCCC2(c3ccccc3)CCCNCC2)cc(C(F)(F)F)c1. The van der Waals surface area contributed by atoms with Crippen molar-refractivity contribution < 1.29 is 31.1 Å². The summed E-state index contributed by atoms with van der Waals surface area (Å²) >= 11 is 0. The molecule has 1 heterocycles. The maximum absolute atomic E-state index is 13.0. The fourth-order valence-corrected chi connectivity index (χ4v) is 4.16. The topological polar surface area (TPSA) is 21.3 Å². The summed E-state index contributed by atoms with van der Waals surface area (Å²) in [5.74, 6) is 0. The molecule has 0 spiro atoms. The highest BCUT2D eigenvalue weighted by Gasteiger charge is 2.37. The number of hydrogen-bond donors (Lipinski definition) is 1. The minimum absolute atomic E-state index is 0.129. The second-order valence-corrected chi connectivity index (χ2v) is 7.97. The molecule has 0 amide bonds. The quantitative estimate of drug-likeness (QED) is 0.414. The van der Waals surface area contributed by atoms with Gasteiger partial charge in [-0.25, -0.2) is 0 Å². The van der Waals surface area contributed by atoms with Crippen molar-refractivity contribution in [2.24, 2.45) is 0 Å². The molecule has 2 aromatic carbocycles. The van der Waals surface area contributed by atoms with Crippen molar-refractivity contribution in [3.63, 3.8) is 0 Å². The molecule has 1 aliphatic rings. The van der Waals surface area contributed by atoms with Gasteiger partial charge in [-0.3, -0.25) is 0 Å². The van der Waals surface area contributed by atoms with Crippen molar-refractivity contribution in [1.82, 2.24) is 5.32 Å². The normalized spacial score (nSPS) is 20.5. The Balaban J connectivity index is 1.71. The number of nitrogens with one attached hydrogen (secondary N) is 1. The van der Waals surface area contributed by atoms with Crippen molar-refractivity contribution >= 4 is 0 Å². The molecule has 2 aromatic rings. The van der Waals surface area contributed by atoms with Crippen LogP contribution in [0.15, 0.2) is 48.5 Å². The summed E-state index contributed by atoms with van der Waals surface area (Å²) in [6, 6.07) is 11.6. The number of ether oxygens (including phenoxy) is 1. The lowest BCUT2D eigenvalue weighted by Crippen LogP contribution is -2.29. The van der Waals surface area contributed by atoms with E-state index in [4.69, 9.17) is 4.74 Å². The third-order valence-electron chi connectivity index (χ3n) is 5.82. The number of halogens is 6. The van der Waals surface area contributed by atoms with E-state index < -0.39 is 23.5 Å². The fourth-order valence-electron chi connectivity index (χ4n) is 4.16. The standard InChI is InChI=1S/C23H25F6NO/c24-22(25,26)19-13-17(14-20(15-19)23(27,28)29)16-31-12-9-21(7-4-10-30-11-8-21)18-5-2-1-3-6-18/h1-3,5-6,13-15,30H,4,7-12,16H2. The summed E-state index contributed by atoms with van der Waals surface area (Å²) in [6.07, 6.45) is -6.26. The lowest BCUT2D eigenvalue weighted by atomic mass is 9.72. The molecule has 1 N–H and O–H groups in total. The minimum atomic E-state index is -4.86. The average Bonchev–Trinajstić information content (AvgIpc) is 2.97. The smallest absolute Gasteiger partial charge is 0.377 e. The van der Waals surface area contributed by atoms with E-state index in [1.807, 2.05) is 18.2 Å². The number of benzene rings is 2. The van der Waals surface area contributed by atoms with Crippen molar-refractivity contribution in [2.45, 2.75) is 50.1 Å². The van der Waals surface area contributed by atoms with Crippen molar-refractivity contribution in [3.05, 3.63) is 70.8 Å². The van der Waals surface area contributed by atoms with Gasteiger partial charge < -0.3 is 10.1 Å². The van der Waals surface area contributed by atoms with Crippen LogP contribution in [0.4, 0.5) is 26.3 Å². The molecule has 1 aliphatic heterocycles. The van der Waals surface area contributed by atoms with Crippen LogP contribution in [0.25, 0.3) is 0 Å². The summed E-state index contributed by atoms with van der Waals surface area (Å²) in [7, 11) is 0. The van der Waals surface area contributed by atoms with E-state index in [2.05, 4.69) is 17.4 Å². The first-order valence-corrected chi connectivity index (χ1v) is 10.2. The molecule has 8 heteroatoms. The predicted octanol–water partition coefficient (Wildman–Crippen LogP) is 6.34. The number of rotatable bonds is 6. The minimum Gasteiger partial charge on any atom is -0.377 e. The van der Waals surface area contributed by atoms with Crippen LogP contribution in [-0.2, 0) is 29.1 Å². The first kappa shape index (κ1) is 23.6. The molecule has 1 fully saturated rings. The molecule has 0 aromatic heterocycles. The Hall–Kier alpha value is -2.06. The van der Waals surface area contributed by atoms with Crippen molar-refractivity contribution in [3.8, 4) is 0 Å².